The topological polar surface area (TPSA) is 83.3 Å². The first-order valence-electron chi connectivity index (χ1n) is 8.45. The van der Waals surface area contributed by atoms with Crippen LogP contribution in [0.15, 0.2) is 11.1 Å². The van der Waals surface area contributed by atoms with Gasteiger partial charge in [0.25, 0.3) is 0 Å². The van der Waals surface area contributed by atoms with E-state index in [1.807, 2.05) is 4.90 Å². The number of likely N-dealkylation sites (tertiary alicyclic amines) is 1. The van der Waals surface area contributed by atoms with Crippen LogP contribution in [0.5, 0.6) is 0 Å². The third-order valence-corrected chi connectivity index (χ3v) is 5.11. The molecule has 1 aliphatic rings. The molecule has 134 valence electrons. The number of carbonyl (C=O) groups excluding carboxylic acids is 2. The predicted molar refractivity (Wildman–Crippen MR) is 95.3 cm³/mol. The summed E-state index contributed by atoms with van der Waals surface area (Å²) >= 11 is 1.25. The largest absolute Gasteiger partial charge is 0.462 e. The highest BCUT2D eigenvalue weighted by Crippen LogP contribution is 2.24. The summed E-state index contributed by atoms with van der Waals surface area (Å²) in [4.78, 5) is 30.5. The predicted octanol–water partition coefficient (Wildman–Crippen LogP) is 2.79. The minimum Gasteiger partial charge on any atom is -0.462 e. The van der Waals surface area contributed by atoms with Crippen LogP contribution < -0.4 is 0 Å². The number of hydrogen-bond acceptors (Lipinski definition) is 6. The normalized spacial score (nSPS) is 17.0. The Bertz CT molecular complexity index is 700. The van der Waals surface area contributed by atoms with Gasteiger partial charge in [0.1, 0.15) is 11.1 Å². The van der Waals surface area contributed by atoms with Crippen molar-refractivity contribution >= 4 is 23.6 Å². The van der Waals surface area contributed by atoms with Crippen LogP contribution in [0.25, 0.3) is 0 Å². The van der Waals surface area contributed by atoms with E-state index in [0.29, 0.717) is 27.8 Å². The van der Waals surface area contributed by atoms with Gasteiger partial charge in [-0.2, -0.15) is 5.26 Å². The molecule has 0 radical (unpaired) electrons. The fraction of sp³-hybridized carbons (Fsp3) is 0.556. The van der Waals surface area contributed by atoms with Gasteiger partial charge in [0.05, 0.1) is 29.2 Å². The Morgan fingerprint density at radius 1 is 1.52 bits per heavy atom. The van der Waals surface area contributed by atoms with Gasteiger partial charge in [-0.1, -0.05) is 18.7 Å². The van der Waals surface area contributed by atoms with Crippen LogP contribution in [0, 0.1) is 24.2 Å². The quantitative estimate of drug-likeness (QED) is 0.592. The van der Waals surface area contributed by atoms with E-state index in [1.165, 1.54) is 17.8 Å². The van der Waals surface area contributed by atoms with E-state index in [9.17, 15) is 14.9 Å². The molecule has 2 heterocycles. The number of aromatic nitrogens is 1. The second kappa shape index (κ2) is 8.86. The molecule has 25 heavy (non-hydrogen) atoms. The molecule has 0 saturated carbocycles. The zero-order valence-electron chi connectivity index (χ0n) is 14.9. The van der Waals surface area contributed by atoms with Crippen molar-refractivity contribution in [2.24, 2.45) is 5.92 Å². The number of thioether (sulfide) groups is 1. The van der Waals surface area contributed by atoms with Crippen molar-refractivity contribution in [1.82, 2.24) is 9.88 Å². The average molecular weight is 361 g/mol. The maximum Gasteiger partial charge on any atom is 0.340 e. The van der Waals surface area contributed by atoms with E-state index >= 15 is 0 Å². The Hall–Kier alpha value is -2.07. The second-order valence-corrected chi connectivity index (χ2v) is 7.15. The summed E-state index contributed by atoms with van der Waals surface area (Å²) in [5.74, 6) is 0.349. The molecule has 1 amide bonds. The molecule has 7 heteroatoms. The van der Waals surface area contributed by atoms with Gasteiger partial charge in [0.15, 0.2) is 0 Å². The third kappa shape index (κ3) is 4.95. The number of nitriles is 1. The van der Waals surface area contributed by atoms with Crippen LogP contribution in [-0.4, -0.2) is 47.2 Å². The minimum absolute atomic E-state index is 0.0642. The molecule has 2 rings (SSSR count). The van der Waals surface area contributed by atoms with Gasteiger partial charge in [0, 0.05) is 13.1 Å². The molecule has 1 saturated heterocycles. The number of amides is 1. The minimum atomic E-state index is -0.487. The smallest absolute Gasteiger partial charge is 0.340 e. The van der Waals surface area contributed by atoms with E-state index < -0.39 is 5.97 Å². The van der Waals surface area contributed by atoms with Gasteiger partial charge in [-0.3, -0.25) is 4.79 Å². The molecule has 0 N–H and O–H groups in total. The van der Waals surface area contributed by atoms with Crippen LogP contribution in [-0.2, 0) is 9.53 Å². The summed E-state index contributed by atoms with van der Waals surface area (Å²) in [6.45, 7) is 7.43. The van der Waals surface area contributed by atoms with E-state index in [2.05, 4.69) is 18.0 Å². The monoisotopic (exact) mass is 361 g/mol. The number of piperidine rings is 1. The Morgan fingerprint density at radius 3 is 2.92 bits per heavy atom. The van der Waals surface area contributed by atoms with E-state index in [0.717, 1.165) is 25.9 Å². The second-order valence-electron chi connectivity index (χ2n) is 6.18. The number of ether oxygens (including phenoxy) is 1. The SMILES string of the molecule is CCOC(=O)c1cc(C#N)c(SCC(=O)N2CCC[C@H](C)C2)nc1C. The van der Waals surface area contributed by atoms with Gasteiger partial charge >= 0.3 is 5.97 Å². The molecule has 1 fully saturated rings. The molecular weight excluding hydrogens is 338 g/mol. The molecule has 0 aliphatic carbocycles. The first-order valence-corrected chi connectivity index (χ1v) is 9.44. The van der Waals surface area contributed by atoms with Gasteiger partial charge in [-0.25, -0.2) is 9.78 Å². The Labute approximate surface area is 152 Å². The Morgan fingerprint density at radius 2 is 2.28 bits per heavy atom. The van der Waals surface area contributed by atoms with Crippen molar-refractivity contribution in [1.29, 1.82) is 5.26 Å². The van der Waals surface area contributed by atoms with Crippen LogP contribution in [0.1, 0.15) is 48.3 Å². The lowest BCUT2D eigenvalue weighted by Crippen LogP contribution is -2.40. The number of hydrogen-bond donors (Lipinski definition) is 0. The van der Waals surface area contributed by atoms with Gasteiger partial charge in [0.2, 0.25) is 5.91 Å². The maximum atomic E-state index is 12.4. The molecule has 1 aliphatic heterocycles. The number of nitrogens with zero attached hydrogens (tertiary/aromatic N) is 3. The lowest BCUT2D eigenvalue weighted by atomic mass is 10.0. The summed E-state index contributed by atoms with van der Waals surface area (Å²) in [5.41, 5.74) is 1.08. The van der Waals surface area contributed by atoms with E-state index in [-0.39, 0.29) is 18.3 Å². The summed E-state index contributed by atoms with van der Waals surface area (Å²) in [6, 6.07) is 3.55. The van der Waals surface area contributed by atoms with Crippen LogP contribution >= 0.6 is 11.8 Å². The zero-order chi connectivity index (χ0) is 18.4. The fourth-order valence-electron chi connectivity index (χ4n) is 2.83. The summed E-state index contributed by atoms with van der Waals surface area (Å²) in [7, 11) is 0. The molecule has 1 aromatic heterocycles. The highest BCUT2D eigenvalue weighted by molar-refractivity contribution is 7.99. The van der Waals surface area contributed by atoms with Crippen LogP contribution in [0.2, 0.25) is 0 Å². The molecule has 0 spiro atoms. The van der Waals surface area contributed by atoms with Crippen molar-refractivity contribution in [3.63, 3.8) is 0 Å². The Kier molecular flexibility index (Phi) is 6.82. The van der Waals surface area contributed by atoms with Crippen LogP contribution in [0.4, 0.5) is 0 Å². The molecular formula is C18H23N3O3S. The van der Waals surface area contributed by atoms with Crippen molar-refractivity contribution in [3.8, 4) is 6.07 Å². The standard InChI is InChI=1S/C18H23N3O3S/c1-4-24-18(23)15-8-14(9-19)17(20-13(15)3)25-11-16(22)21-7-5-6-12(2)10-21/h8,12H,4-7,10-11H2,1-3H3/t12-/m0/s1. The van der Waals surface area contributed by atoms with Gasteiger partial charge in [-0.05, 0) is 38.7 Å². The number of esters is 1. The maximum absolute atomic E-state index is 12.4. The summed E-state index contributed by atoms with van der Waals surface area (Å²) < 4.78 is 4.98. The lowest BCUT2D eigenvalue weighted by molar-refractivity contribution is -0.130. The highest BCUT2D eigenvalue weighted by Gasteiger charge is 2.22. The summed E-state index contributed by atoms with van der Waals surface area (Å²) in [6.07, 6.45) is 2.19. The molecule has 0 aromatic carbocycles. The highest BCUT2D eigenvalue weighted by atomic mass is 32.2. The number of carbonyl (C=O) groups is 2. The van der Waals surface area contributed by atoms with Gasteiger partial charge in [-0.15, -0.1) is 0 Å². The van der Waals surface area contributed by atoms with Crippen molar-refractivity contribution < 1.29 is 14.3 Å². The molecule has 0 bridgehead atoms. The number of aryl methyl sites for hydroxylation is 1. The fourth-order valence-corrected chi connectivity index (χ4v) is 3.73. The summed E-state index contributed by atoms with van der Waals surface area (Å²) in [5, 5.41) is 9.82. The van der Waals surface area contributed by atoms with E-state index in [4.69, 9.17) is 4.74 Å². The molecule has 6 nitrogen and oxygen atoms in total. The van der Waals surface area contributed by atoms with Crippen molar-refractivity contribution in [3.05, 3.63) is 22.9 Å². The number of pyridine rings is 1. The van der Waals surface area contributed by atoms with Crippen LogP contribution in [0.3, 0.4) is 0 Å². The average Bonchev–Trinajstić information content (AvgIpc) is 2.59. The first kappa shape index (κ1) is 19.3. The Balaban J connectivity index is 2.09. The first-order chi connectivity index (χ1) is 12.0. The molecule has 1 aromatic rings. The van der Waals surface area contributed by atoms with Crippen molar-refractivity contribution in [2.45, 2.75) is 38.6 Å². The molecule has 0 unspecified atom stereocenters. The van der Waals surface area contributed by atoms with Gasteiger partial charge < -0.3 is 9.64 Å². The van der Waals surface area contributed by atoms with E-state index in [1.54, 1.807) is 13.8 Å². The number of rotatable bonds is 5. The van der Waals surface area contributed by atoms with Crippen molar-refractivity contribution in [2.75, 3.05) is 25.4 Å². The lowest BCUT2D eigenvalue weighted by Gasteiger charge is -2.30. The molecule has 1 atom stereocenters. The zero-order valence-corrected chi connectivity index (χ0v) is 15.7. The third-order valence-electron chi connectivity index (χ3n) is 4.14.